The number of amides is 1. The van der Waals surface area contributed by atoms with Gasteiger partial charge in [-0.05, 0) is 45.7 Å². The van der Waals surface area contributed by atoms with E-state index in [9.17, 15) is 4.79 Å². The molecule has 1 aromatic carbocycles. The monoisotopic (exact) mass is 357 g/mol. The number of piperidine rings is 1. The fourth-order valence-electron chi connectivity index (χ4n) is 3.18. The number of nitrogen functional groups attached to an aromatic ring is 1. The van der Waals surface area contributed by atoms with Gasteiger partial charge in [0.25, 0.3) is 0 Å². The number of ether oxygens (including phenoxy) is 1. The Morgan fingerprint density at radius 1 is 1.27 bits per heavy atom. The van der Waals surface area contributed by atoms with Crippen molar-refractivity contribution in [3.05, 3.63) is 24.3 Å². The van der Waals surface area contributed by atoms with Gasteiger partial charge in [0.15, 0.2) is 11.6 Å². The normalized spacial score (nSPS) is 18.0. The standard InChI is InChI=1S/C19H27N5O2/c1-19(2,3)26-18(25)23(4)13-8-7-11-24(12-13)17-16(20)21-14-9-5-6-10-15(14)22-17/h5-6,9-10,13H,7-8,11-12H2,1-4H3,(H2,20,21)/t13-/m0/s1. The number of anilines is 2. The number of carbonyl (C=O) groups is 1. The smallest absolute Gasteiger partial charge is 0.410 e. The zero-order chi connectivity index (χ0) is 18.9. The molecule has 1 aromatic heterocycles. The van der Waals surface area contributed by atoms with Gasteiger partial charge in [0.05, 0.1) is 17.1 Å². The lowest BCUT2D eigenvalue weighted by molar-refractivity contribution is 0.0209. The number of benzene rings is 1. The molecule has 7 nitrogen and oxygen atoms in total. The molecule has 2 heterocycles. The minimum Gasteiger partial charge on any atom is -0.444 e. The maximum Gasteiger partial charge on any atom is 0.410 e. The molecule has 140 valence electrons. The Hall–Kier alpha value is -2.57. The molecule has 1 aliphatic heterocycles. The topological polar surface area (TPSA) is 84.6 Å². The molecule has 0 aliphatic carbocycles. The van der Waals surface area contributed by atoms with Crippen molar-refractivity contribution in [3.8, 4) is 0 Å². The van der Waals surface area contributed by atoms with Crippen LogP contribution in [0, 0.1) is 0 Å². The number of para-hydroxylation sites is 2. The van der Waals surface area contributed by atoms with Crippen molar-refractivity contribution in [2.45, 2.75) is 45.3 Å². The number of fused-ring (bicyclic) bond motifs is 1. The highest BCUT2D eigenvalue weighted by Gasteiger charge is 2.30. The molecule has 0 spiro atoms. The summed E-state index contributed by atoms with van der Waals surface area (Å²) in [7, 11) is 1.79. The largest absolute Gasteiger partial charge is 0.444 e. The van der Waals surface area contributed by atoms with Gasteiger partial charge in [-0.15, -0.1) is 0 Å². The SMILES string of the molecule is CN(C(=O)OC(C)(C)C)[C@H]1CCCN(c2nc3ccccc3nc2N)C1. The number of hydrogen-bond donors (Lipinski definition) is 1. The van der Waals surface area contributed by atoms with E-state index in [0.29, 0.717) is 18.2 Å². The van der Waals surface area contributed by atoms with Gasteiger partial charge in [0.2, 0.25) is 0 Å². The lowest BCUT2D eigenvalue weighted by atomic mass is 10.0. The Kier molecular flexibility index (Phi) is 4.89. The number of hydrogen-bond acceptors (Lipinski definition) is 6. The molecule has 0 bridgehead atoms. The third-order valence-corrected chi connectivity index (χ3v) is 4.50. The molecule has 2 N–H and O–H groups in total. The highest BCUT2D eigenvalue weighted by Crippen LogP contribution is 2.27. The minimum absolute atomic E-state index is 0.0475. The van der Waals surface area contributed by atoms with E-state index in [4.69, 9.17) is 15.5 Å². The van der Waals surface area contributed by atoms with Gasteiger partial charge in [-0.25, -0.2) is 14.8 Å². The molecular formula is C19H27N5O2. The number of rotatable bonds is 2. The molecule has 0 radical (unpaired) electrons. The predicted octanol–water partition coefficient (Wildman–Crippen LogP) is 3.05. The molecule has 1 fully saturated rings. The van der Waals surface area contributed by atoms with Crippen LogP contribution in [0.5, 0.6) is 0 Å². The molecule has 1 saturated heterocycles. The highest BCUT2D eigenvalue weighted by atomic mass is 16.6. The van der Waals surface area contributed by atoms with E-state index >= 15 is 0 Å². The molecule has 1 amide bonds. The molecule has 1 atom stereocenters. The van der Waals surface area contributed by atoms with Crippen LogP contribution >= 0.6 is 0 Å². The van der Waals surface area contributed by atoms with E-state index in [1.807, 2.05) is 45.0 Å². The lowest BCUT2D eigenvalue weighted by Gasteiger charge is -2.38. The van der Waals surface area contributed by atoms with E-state index in [1.54, 1.807) is 11.9 Å². The van der Waals surface area contributed by atoms with Crippen LogP contribution < -0.4 is 10.6 Å². The van der Waals surface area contributed by atoms with Crippen LogP contribution in [0.25, 0.3) is 11.0 Å². The molecule has 1 aliphatic rings. The summed E-state index contributed by atoms with van der Waals surface area (Å²) < 4.78 is 5.49. The average Bonchev–Trinajstić information content (AvgIpc) is 2.59. The quantitative estimate of drug-likeness (QED) is 0.889. The summed E-state index contributed by atoms with van der Waals surface area (Å²) in [5.41, 5.74) is 7.26. The molecule has 0 unspecified atom stereocenters. The van der Waals surface area contributed by atoms with E-state index < -0.39 is 5.60 Å². The number of aromatic nitrogens is 2. The van der Waals surface area contributed by atoms with Gasteiger partial charge in [-0.3, -0.25) is 0 Å². The molecule has 0 saturated carbocycles. The Bertz CT molecular complexity index is 802. The van der Waals surface area contributed by atoms with Gasteiger partial charge in [0.1, 0.15) is 5.60 Å². The summed E-state index contributed by atoms with van der Waals surface area (Å²) >= 11 is 0. The van der Waals surface area contributed by atoms with Gasteiger partial charge in [-0.2, -0.15) is 0 Å². The van der Waals surface area contributed by atoms with E-state index in [0.717, 1.165) is 30.4 Å². The Balaban J connectivity index is 1.78. The van der Waals surface area contributed by atoms with Crippen molar-refractivity contribution in [1.82, 2.24) is 14.9 Å². The maximum atomic E-state index is 12.4. The summed E-state index contributed by atoms with van der Waals surface area (Å²) in [6.07, 6.45) is 1.57. The molecule has 2 aromatic rings. The van der Waals surface area contributed by atoms with E-state index in [1.165, 1.54) is 0 Å². The maximum absolute atomic E-state index is 12.4. The fraction of sp³-hybridized carbons (Fsp3) is 0.526. The third-order valence-electron chi connectivity index (χ3n) is 4.50. The van der Waals surface area contributed by atoms with Gasteiger partial charge in [-0.1, -0.05) is 12.1 Å². The first-order chi connectivity index (χ1) is 12.2. The Labute approximate surface area is 154 Å². The zero-order valence-electron chi connectivity index (χ0n) is 15.9. The van der Waals surface area contributed by atoms with Crippen molar-refractivity contribution in [3.63, 3.8) is 0 Å². The van der Waals surface area contributed by atoms with Crippen molar-refractivity contribution in [2.75, 3.05) is 30.8 Å². The number of likely N-dealkylation sites (N-methyl/N-ethyl adjacent to an activating group) is 1. The van der Waals surface area contributed by atoms with Crippen LogP contribution in [0.15, 0.2) is 24.3 Å². The van der Waals surface area contributed by atoms with Gasteiger partial charge >= 0.3 is 6.09 Å². The summed E-state index contributed by atoms with van der Waals surface area (Å²) in [5.74, 6) is 1.11. The van der Waals surface area contributed by atoms with Crippen molar-refractivity contribution in [2.24, 2.45) is 0 Å². The average molecular weight is 357 g/mol. The van der Waals surface area contributed by atoms with Crippen LogP contribution in [0.1, 0.15) is 33.6 Å². The van der Waals surface area contributed by atoms with Gasteiger partial charge in [0, 0.05) is 20.1 Å². The van der Waals surface area contributed by atoms with Crippen LogP contribution in [-0.2, 0) is 4.74 Å². The number of carbonyl (C=O) groups excluding carboxylic acids is 1. The summed E-state index contributed by atoms with van der Waals surface area (Å²) in [6, 6.07) is 7.73. The Morgan fingerprint density at radius 2 is 1.92 bits per heavy atom. The molecule has 26 heavy (non-hydrogen) atoms. The first-order valence-corrected chi connectivity index (χ1v) is 8.97. The summed E-state index contributed by atoms with van der Waals surface area (Å²) in [4.78, 5) is 25.3. The number of nitrogens with two attached hydrogens (primary N) is 1. The lowest BCUT2D eigenvalue weighted by Crippen LogP contribution is -2.50. The zero-order valence-corrected chi connectivity index (χ0v) is 15.9. The minimum atomic E-state index is -0.506. The first-order valence-electron chi connectivity index (χ1n) is 8.97. The van der Waals surface area contributed by atoms with Crippen molar-refractivity contribution >= 4 is 28.8 Å². The highest BCUT2D eigenvalue weighted by molar-refractivity contribution is 5.79. The van der Waals surface area contributed by atoms with Crippen LogP contribution in [0.4, 0.5) is 16.4 Å². The van der Waals surface area contributed by atoms with E-state index in [-0.39, 0.29) is 12.1 Å². The molecule has 3 rings (SSSR count). The third kappa shape index (κ3) is 3.98. The van der Waals surface area contributed by atoms with Crippen molar-refractivity contribution < 1.29 is 9.53 Å². The first kappa shape index (κ1) is 18.2. The van der Waals surface area contributed by atoms with Crippen LogP contribution in [-0.4, -0.2) is 52.7 Å². The summed E-state index contributed by atoms with van der Waals surface area (Å²) in [6.45, 7) is 7.12. The van der Waals surface area contributed by atoms with Crippen molar-refractivity contribution in [1.29, 1.82) is 0 Å². The van der Waals surface area contributed by atoms with E-state index in [2.05, 4.69) is 9.88 Å². The second-order valence-electron chi connectivity index (χ2n) is 7.75. The van der Waals surface area contributed by atoms with Crippen LogP contribution in [0.3, 0.4) is 0 Å². The fourth-order valence-corrected chi connectivity index (χ4v) is 3.18. The Morgan fingerprint density at radius 3 is 2.58 bits per heavy atom. The van der Waals surface area contributed by atoms with Gasteiger partial charge < -0.3 is 20.3 Å². The summed E-state index contributed by atoms with van der Waals surface area (Å²) in [5, 5.41) is 0. The predicted molar refractivity (Wildman–Crippen MR) is 103 cm³/mol. The second kappa shape index (κ2) is 6.97. The van der Waals surface area contributed by atoms with Crippen LogP contribution in [0.2, 0.25) is 0 Å². The second-order valence-corrected chi connectivity index (χ2v) is 7.75. The molecular weight excluding hydrogens is 330 g/mol. The number of nitrogens with zero attached hydrogens (tertiary/aromatic N) is 4. The molecule has 7 heteroatoms.